The molecule has 0 aliphatic rings. The molecule has 0 radical (unpaired) electrons. The van der Waals surface area contributed by atoms with Crippen molar-refractivity contribution in [2.45, 2.75) is 0 Å². The molecule has 4 rings (SSSR count). The number of anilines is 2. The fraction of sp³-hybridized carbons (Fsp3) is 0. The van der Waals surface area contributed by atoms with Crippen LogP contribution in [0.3, 0.4) is 0 Å². The molecule has 0 spiro atoms. The number of carbonyl (C=O) groups is 4. The molecular formula is C28H20N2O8. The maximum Gasteiger partial charge on any atom is 0.336 e. The minimum Gasteiger partial charge on any atom is -0.508 e. The van der Waals surface area contributed by atoms with Gasteiger partial charge in [-0.2, -0.15) is 0 Å². The van der Waals surface area contributed by atoms with Crippen LogP contribution < -0.4 is 10.6 Å². The van der Waals surface area contributed by atoms with E-state index in [4.69, 9.17) is 0 Å². The summed E-state index contributed by atoms with van der Waals surface area (Å²) in [5.74, 6) is -4.11. The van der Waals surface area contributed by atoms with Gasteiger partial charge < -0.3 is 31.1 Å². The molecule has 0 fully saturated rings. The number of nitrogens with one attached hydrogen (secondary N) is 2. The first-order valence-electron chi connectivity index (χ1n) is 11.1. The molecule has 10 heteroatoms. The van der Waals surface area contributed by atoms with Crippen molar-refractivity contribution in [2.24, 2.45) is 0 Å². The van der Waals surface area contributed by atoms with E-state index in [1.807, 2.05) is 0 Å². The molecule has 38 heavy (non-hydrogen) atoms. The molecule has 0 aliphatic heterocycles. The number of carbonyl (C=O) groups excluding carboxylic acids is 2. The number of carboxylic acid groups (broad SMARTS) is 2. The zero-order valence-corrected chi connectivity index (χ0v) is 19.5. The van der Waals surface area contributed by atoms with Crippen LogP contribution in [0, 0.1) is 0 Å². The average Bonchev–Trinajstić information content (AvgIpc) is 2.90. The smallest absolute Gasteiger partial charge is 0.336 e. The number of rotatable bonds is 7. The fourth-order valence-electron chi connectivity index (χ4n) is 3.68. The zero-order chi connectivity index (χ0) is 27.4. The van der Waals surface area contributed by atoms with Crippen LogP contribution in [0.5, 0.6) is 11.5 Å². The second-order valence-electron chi connectivity index (χ2n) is 8.13. The van der Waals surface area contributed by atoms with Crippen LogP contribution in [0.4, 0.5) is 11.4 Å². The molecule has 2 amide bonds. The highest BCUT2D eigenvalue weighted by Gasteiger charge is 2.21. The van der Waals surface area contributed by atoms with E-state index in [2.05, 4.69) is 10.6 Å². The van der Waals surface area contributed by atoms with E-state index in [1.54, 1.807) is 0 Å². The Bertz CT molecular complexity index is 1560. The third kappa shape index (κ3) is 5.60. The van der Waals surface area contributed by atoms with Gasteiger partial charge in [-0.3, -0.25) is 9.59 Å². The summed E-state index contributed by atoms with van der Waals surface area (Å²) in [7, 11) is 0. The van der Waals surface area contributed by atoms with Crippen molar-refractivity contribution < 1.29 is 39.6 Å². The standard InChI is InChI=1S/C28H20N2O8/c31-19-7-3-17(4-8-19)29-25(33)21-11-1-16(14-24(21)28(37)38)15-2-12-22(27(35)36)23(13-15)26(34)30-18-5-9-20(32)10-6-18/h1-14,31-32H,(H,29,33)(H,30,34)(H,35,36)(H,37,38). The van der Waals surface area contributed by atoms with E-state index in [-0.39, 0.29) is 33.8 Å². The van der Waals surface area contributed by atoms with Gasteiger partial charge in [0.15, 0.2) is 0 Å². The van der Waals surface area contributed by atoms with Crippen molar-refractivity contribution in [3.63, 3.8) is 0 Å². The van der Waals surface area contributed by atoms with Gasteiger partial charge in [-0.1, -0.05) is 12.1 Å². The number of phenols is 2. The molecular weight excluding hydrogens is 492 g/mol. The molecule has 0 saturated carbocycles. The molecule has 0 heterocycles. The lowest BCUT2D eigenvalue weighted by molar-refractivity contribution is 0.0683. The quantitative estimate of drug-likeness (QED) is 0.194. The Hall–Kier alpha value is -5.64. The Balaban J connectivity index is 1.68. The maximum atomic E-state index is 12.9. The van der Waals surface area contributed by atoms with Gasteiger partial charge >= 0.3 is 11.9 Å². The van der Waals surface area contributed by atoms with E-state index >= 15 is 0 Å². The third-order valence-electron chi connectivity index (χ3n) is 5.57. The molecule has 10 nitrogen and oxygen atoms in total. The lowest BCUT2D eigenvalue weighted by atomic mass is 9.95. The van der Waals surface area contributed by atoms with Gasteiger partial charge in [0.1, 0.15) is 11.5 Å². The summed E-state index contributed by atoms with van der Waals surface area (Å²) in [5.41, 5.74) is 0.479. The van der Waals surface area contributed by atoms with Gasteiger partial charge in [0.25, 0.3) is 11.8 Å². The largest absolute Gasteiger partial charge is 0.508 e. The minimum atomic E-state index is -1.37. The van der Waals surface area contributed by atoms with Crippen LogP contribution >= 0.6 is 0 Å². The summed E-state index contributed by atoms with van der Waals surface area (Å²) in [6.45, 7) is 0. The molecule has 0 unspecified atom stereocenters. The van der Waals surface area contributed by atoms with Crippen LogP contribution in [0.15, 0.2) is 84.9 Å². The van der Waals surface area contributed by atoms with Crippen molar-refractivity contribution in [3.8, 4) is 22.6 Å². The molecule has 190 valence electrons. The molecule has 4 aromatic carbocycles. The number of carboxylic acids is 2. The summed E-state index contributed by atoms with van der Waals surface area (Å²) in [4.78, 5) is 49.4. The van der Waals surface area contributed by atoms with Crippen molar-refractivity contribution >= 4 is 35.1 Å². The Morgan fingerprint density at radius 3 is 1.32 bits per heavy atom. The monoisotopic (exact) mass is 512 g/mol. The summed E-state index contributed by atoms with van der Waals surface area (Å²) < 4.78 is 0. The zero-order valence-electron chi connectivity index (χ0n) is 19.5. The number of hydrogen-bond donors (Lipinski definition) is 6. The summed E-state index contributed by atoms with van der Waals surface area (Å²) in [6, 6.07) is 19.3. The van der Waals surface area contributed by atoms with E-state index < -0.39 is 23.8 Å². The molecule has 6 N–H and O–H groups in total. The Morgan fingerprint density at radius 2 is 0.868 bits per heavy atom. The Morgan fingerprint density at radius 1 is 0.474 bits per heavy atom. The minimum absolute atomic E-state index is 0.00334. The number of aromatic hydroxyl groups is 2. The Labute approximate surface area is 215 Å². The van der Waals surface area contributed by atoms with Crippen LogP contribution in [-0.2, 0) is 0 Å². The molecule has 4 aromatic rings. The van der Waals surface area contributed by atoms with Gasteiger partial charge in [0.2, 0.25) is 0 Å². The van der Waals surface area contributed by atoms with Crippen molar-refractivity contribution in [3.05, 3.63) is 107 Å². The van der Waals surface area contributed by atoms with Crippen LogP contribution in [-0.4, -0.2) is 44.2 Å². The van der Waals surface area contributed by atoms with Crippen molar-refractivity contribution in [1.82, 2.24) is 0 Å². The first-order valence-corrected chi connectivity index (χ1v) is 11.1. The number of phenolic OH excluding ortho intramolecular Hbond substituents is 2. The first kappa shape index (κ1) is 25.5. The number of amides is 2. The number of aromatic carboxylic acids is 2. The maximum absolute atomic E-state index is 12.9. The third-order valence-corrected chi connectivity index (χ3v) is 5.57. The highest BCUT2D eigenvalue weighted by molar-refractivity contribution is 6.12. The van der Waals surface area contributed by atoms with Gasteiger partial charge in [-0.15, -0.1) is 0 Å². The second kappa shape index (κ2) is 10.5. The van der Waals surface area contributed by atoms with E-state index in [1.165, 1.54) is 84.9 Å². The van der Waals surface area contributed by atoms with Crippen LogP contribution in [0.25, 0.3) is 11.1 Å². The van der Waals surface area contributed by atoms with E-state index in [9.17, 15) is 39.6 Å². The van der Waals surface area contributed by atoms with Gasteiger partial charge in [0, 0.05) is 11.4 Å². The van der Waals surface area contributed by atoms with E-state index in [0.717, 1.165) is 0 Å². The van der Waals surface area contributed by atoms with Crippen molar-refractivity contribution in [2.75, 3.05) is 10.6 Å². The highest BCUT2D eigenvalue weighted by atomic mass is 16.4. The second-order valence-corrected chi connectivity index (χ2v) is 8.13. The van der Waals surface area contributed by atoms with E-state index in [0.29, 0.717) is 22.5 Å². The lowest BCUT2D eigenvalue weighted by Gasteiger charge is -2.13. The molecule has 0 atom stereocenters. The average molecular weight is 512 g/mol. The van der Waals surface area contributed by atoms with Gasteiger partial charge in [0.05, 0.1) is 22.3 Å². The van der Waals surface area contributed by atoms with Crippen molar-refractivity contribution in [1.29, 1.82) is 0 Å². The molecule has 0 bridgehead atoms. The lowest BCUT2D eigenvalue weighted by Crippen LogP contribution is -2.17. The summed E-state index contributed by atoms with van der Waals surface area (Å²) in [5, 5.41) is 43.3. The first-order chi connectivity index (χ1) is 18.1. The predicted octanol–water partition coefficient (Wildman–Crippen LogP) is 4.67. The normalized spacial score (nSPS) is 10.4. The Kier molecular flexibility index (Phi) is 7.06. The highest BCUT2D eigenvalue weighted by Crippen LogP contribution is 2.27. The number of hydrogen-bond acceptors (Lipinski definition) is 6. The SMILES string of the molecule is O=C(O)c1cc(-c2ccc(C(=O)O)c(C(=O)Nc3ccc(O)cc3)c2)ccc1C(=O)Nc1ccc(O)cc1. The molecule has 0 aromatic heterocycles. The van der Waals surface area contributed by atoms with Crippen LogP contribution in [0.1, 0.15) is 41.4 Å². The van der Waals surface area contributed by atoms with Crippen LogP contribution in [0.2, 0.25) is 0 Å². The predicted molar refractivity (Wildman–Crippen MR) is 138 cm³/mol. The number of benzene rings is 4. The fourth-order valence-corrected chi connectivity index (χ4v) is 3.68. The summed E-state index contributed by atoms with van der Waals surface area (Å²) >= 11 is 0. The van der Waals surface area contributed by atoms with Gasteiger partial charge in [-0.05, 0) is 83.9 Å². The molecule has 0 saturated heterocycles. The topological polar surface area (TPSA) is 173 Å². The molecule has 0 aliphatic carbocycles. The summed E-state index contributed by atoms with van der Waals surface area (Å²) in [6.07, 6.45) is 0. The van der Waals surface area contributed by atoms with Gasteiger partial charge in [-0.25, -0.2) is 9.59 Å².